The summed E-state index contributed by atoms with van der Waals surface area (Å²) < 4.78 is 17.1. The molecule has 41 heavy (non-hydrogen) atoms. The number of aliphatic hydroxyl groups is 1. The van der Waals surface area contributed by atoms with E-state index in [0.29, 0.717) is 43.2 Å². The number of halogens is 3. The molecule has 3 aromatic carbocycles. The predicted molar refractivity (Wildman–Crippen MR) is 153 cm³/mol. The molecule has 1 saturated carbocycles. The molecule has 2 aromatic heterocycles. The standard InChI is InChI=1S/C30H19Cl3N2O6/c31-21-2-1-3-22(32)26(21)27-20(28(41-35-27)17-6-7-17)14-39-18-9-8-16(23(33)12-18)5-4-15-10-19(30(37)38)29-24(11-15)34-25(13-36)40-29/h1-3,8-12,17,36H,6-7,13-14H2,(H,37,38). The average Bonchev–Trinajstić information content (AvgIpc) is 3.57. The lowest BCUT2D eigenvalue weighted by Gasteiger charge is -2.10. The molecule has 1 fully saturated rings. The average molecular weight is 610 g/mol. The Balaban J connectivity index is 1.25. The molecule has 5 aromatic rings. The highest BCUT2D eigenvalue weighted by Crippen LogP contribution is 2.46. The van der Waals surface area contributed by atoms with Crippen LogP contribution in [-0.4, -0.2) is 26.3 Å². The highest BCUT2D eigenvalue weighted by Gasteiger charge is 2.33. The first-order valence-electron chi connectivity index (χ1n) is 12.5. The van der Waals surface area contributed by atoms with Gasteiger partial charge in [0.1, 0.15) is 41.5 Å². The van der Waals surface area contributed by atoms with Gasteiger partial charge in [0, 0.05) is 28.7 Å². The molecule has 2 N–H and O–H groups in total. The number of nitrogens with zero attached hydrogens (tertiary/aromatic N) is 2. The zero-order valence-corrected chi connectivity index (χ0v) is 23.3. The van der Waals surface area contributed by atoms with Gasteiger partial charge in [0.15, 0.2) is 5.58 Å². The molecule has 2 heterocycles. The molecule has 0 unspecified atom stereocenters. The van der Waals surface area contributed by atoms with E-state index in [2.05, 4.69) is 22.0 Å². The number of hydrogen-bond acceptors (Lipinski definition) is 7. The van der Waals surface area contributed by atoms with Gasteiger partial charge >= 0.3 is 5.97 Å². The largest absolute Gasteiger partial charge is 0.489 e. The van der Waals surface area contributed by atoms with Gasteiger partial charge in [0.2, 0.25) is 5.89 Å². The minimum absolute atomic E-state index is 0.0174. The fourth-order valence-corrected chi connectivity index (χ4v) is 5.20. The van der Waals surface area contributed by atoms with Crippen LogP contribution < -0.4 is 4.74 Å². The van der Waals surface area contributed by atoms with Crippen LogP contribution in [-0.2, 0) is 13.2 Å². The second-order valence-electron chi connectivity index (χ2n) is 9.37. The summed E-state index contributed by atoms with van der Waals surface area (Å²) in [4.78, 5) is 15.8. The number of aromatic nitrogens is 2. The van der Waals surface area contributed by atoms with Crippen LogP contribution in [0.4, 0.5) is 0 Å². The van der Waals surface area contributed by atoms with Gasteiger partial charge in [-0.2, -0.15) is 0 Å². The van der Waals surface area contributed by atoms with E-state index in [9.17, 15) is 15.0 Å². The number of carboxylic acid groups (broad SMARTS) is 1. The van der Waals surface area contributed by atoms with E-state index in [1.807, 2.05) is 0 Å². The van der Waals surface area contributed by atoms with E-state index in [1.54, 1.807) is 42.5 Å². The molecule has 8 nitrogen and oxygen atoms in total. The predicted octanol–water partition coefficient (Wildman–Crippen LogP) is 7.49. The summed E-state index contributed by atoms with van der Waals surface area (Å²) in [6, 6.07) is 13.3. The molecular formula is C30H19Cl3N2O6. The first-order valence-corrected chi connectivity index (χ1v) is 13.6. The lowest BCUT2D eigenvalue weighted by Crippen LogP contribution is -2.00. The molecule has 0 amide bonds. The monoisotopic (exact) mass is 608 g/mol. The van der Waals surface area contributed by atoms with Gasteiger partial charge in [-0.25, -0.2) is 9.78 Å². The number of ether oxygens (including phenoxy) is 1. The van der Waals surface area contributed by atoms with Gasteiger partial charge in [-0.15, -0.1) is 0 Å². The smallest absolute Gasteiger partial charge is 0.339 e. The van der Waals surface area contributed by atoms with Crippen molar-refractivity contribution in [2.75, 3.05) is 0 Å². The van der Waals surface area contributed by atoms with E-state index in [0.717, 1.165) is 24.2 Å². The summed E-state index contributed by atoms with van der Waals surface area (Å²) >= 11 is 19.4. The summed E-state index contributed by atoms with van der Waals surface area (Å²) in [5.74, 6) is 6.26. The zero-order valence-electron chi connectivity index (χ0n) is 21.1. The van der Waals surface area contributed by atoms with E-state index in [4.69, 9.17) is 48.5 Å². The van der Waals surface area contributed by atoms with Gasteiger partial charge in [0.05, 0.1) is 20.6 Å². The van der Waals surface area contributed by atoms with Gasteiger partial charge < -0.3 is 23.9 Å². The molecule has 1 aliphatic carbocycles. The van der Waals surface area contributed by atoms with E-state index in [1.165, 1.54) is 6.07 Å². The van der Waals surface area contributed by atoms with Crippen LogP contribution >= 0.6 is 34.8 Å². The lowest BCUT2D eigenvalue weighted by atomic mass is 10.0. The third-order valence-electron chi connectivity index (χ3n) is 6.53. The molecule has 11 heteroatoms. The highest BCUT2D eigenvalue weighted by molar-refractivity contribution is 6.39. The van der Waals surface area contributed by atoms with Crippen molar-refractivity contribution in [3.63, 3.8) is 0 Å². The normalized spacial score (nSPS) is 12.8. The minimum atomic E-state index is -1.20. The van der Waals surface area contributed by atoms with Crippen molar-refractivity contribution in [3.8, 4) is 28.8 Å². The summed E-state index contributed by atoms with van der Waals surface area (Å²) in [6.07, 6.45) is 2.02. The number of hydrogen-bond donors (Lipinski definition) is 2. The van der Waals surface area contributed by atoms with Crippen molar-refractivity contribution in [1.82, 2.24) is 10.1 Å². The zero-order chi connectivity index (χ0) is 28.7. The maximum absolute atomic E-state index is 11.7. The Morgan fingerprint density at radius 3 is 2.51 bits per heavy atom. The van der Waals surface area contributed by atoms with Gasteiger partial charge in [0.25, 0.3) is 0 Å². The van der Waals surface area contributed by atoms with Crippen molar-refractivity contribution in [1.29, 1.82) is 0 Å². The third kappa shape index (κ3) is 5.50. The molecule has 0 atom stereocenters. The fourth-order valence-electron chi connectivity index (χ4n) is 4.41. The number of aromatic carboxylic acids is 1. The number of aliphatic hydroxyl groups excluding tert-OH is 1. The second kappa shape index (κ2) is 11.1. The molecule has 0 bridgehead atoms. The SMILES string of the molecule is O=C(O)c1cc(C#Cc2ccc(OCc3c(-c4c(Cl)cccc4Cl)noc3C3CC3)cc2Cl)cc2nc(CO)oc12. The molecule has 0 spiro atoms. The second-order valence-corrected chi connectivity index (χ2v) is 10.6. The van der Waals surface area contributed by atoms with Crippen LogP contribution in [0.25, 0.3) is 22.4 Å². The molecular weight excluding hydrogens is 591 g/mol. The van der Waals surface area contributed by atoms with Crippen LogP contribution in [0.15, 0.2) is 57.5 Å². The first kappa shape index (κ1) is 27.2. The van der Waals surface area contributed by atoms with Gasteiger partial charge in [-0.3, -0.25) is 0 Å². The molecule has 6 rings (SSSR count). The van der Waals surface area contributed by atoms with E-state index < -0.39 is 12.6 Å². The van der Waals surface area contributed by atoms with Crippen LogP contribution in [0, 0.1) is 11.8 Å². The Labute approximate surface area is 248 Å². The maximum atomic E-state index is 11.7. The van der Waals surface area contributed by atoms with Crippen LogP contribution in [0.2, 0.25) is 15.1 Å². The molecule has 0 radical (unpaired) electrons. The van der Waals surface area contributed by atoms with Crippen molar-refractivity contribution in [2.24, 2.45) is 0 Å². The first-order chi connectivity index (χ1) is 19.8. The Morgan fingerprint density at radius 2 is 1.83 bits per heavy atom. The summed E-state index contributed by atoms with van der Waals surface area (Å²) in [7, 11) is 0. The summed E-state index contributed by atoms with van der Waals surface area (Å²) in [5.41, 5.74) is 3.08. The molecule has 1 aliphatic rings. The quantitative estimate of drug-likeness (QED) is 0.182. The summed E-state index contributed by atoms with van der Waals surface area (Å²) in [6.45, 7) is -0.286. The number of carbonyl (C=O) groups is 1. The highest BCUT2D eigenvalue weighted by atomic mass is 35.5. The van der Waals surface area contributed by atoms with Gasteiger partial charge in [-0.05, 0) is 49.2 Å². The van der Waals surface area contributed by atoms with Gasteiger partial charge in [-0.1, -0.05) is 57.9 Å². The van der Waals surface area contributed by atoms with Crippen LogP contribution in [0.3, 0.4) is 0 Å². The third-order valence-corrected chi connectivity index (χ3v) is 7.47. The Bertz CT molecular complexity index is 1860. The fraction of sp³-hybridized carbons (Fsp3) is 0.167. The number of fused-ring (bicyclic) bond motifs is 1. The van der Waals surface area contributed by atoms with E-state index in [-0.39, 0.29) is 35.1 Å². The minimum Gasteiger partial charge on any atom is -0.489 e. The summed E-state index contributed by atoms with van der Waals surface area (Å²) in [5, 5.41) is 24.4. The Hall–Kier alpha value is -4.00. The van der Waals surface area contributed by atoms with Crippen molar-refractivity contribution in [3.05, 3.63) is 97.5 Å². The van der Waals surface area contributed by atoms with Crippen LogP contribution in [0.1, 0.15) is 57.5 Å². The lowest BCUT2D eigenvalue weighted by molar-refractivity contribution is 0.0697. The molecule has 0 saturated heterocycles. The van der Waals surface area contributed by atoms with Crippen molar-refractivity contribution >= 4 is 51.9 Å². The molecule has 206 valence electrons. The maximum Gasteiger partial charge on any atom is 0.339 e. The number of rotatable bonds is 7. The van der Waals surface area contributed by atoms with Crippen molar-refractivity contribution in [2.45, 2.75) is 32.0 Å². The molecule has 0 aliphatic heterocycles. The Morgan fingerprint density at radius 1 is 1.05 bits per heavy atom. The number of oxazole rings is 1. The van der Waals surface area contributed by atoms with Crippen molar-refractivity contribution < 1.29 is 28.7 Å². The van der Waals surface area contributed by atoms with E-state index >= 15 is 0 Å². The number of benzene rings is 3. The number of carboxylic acids is 1. The topological polar surface area (TPSA) is 119 Å². The van der Waals surface area contributed by atoms with Crippen LogP contribution in [0.5, 0.6) is 5.75 Å². The Kier molecular flexibility index (Phi) is 7.37.